The number of aromatic amines is 1. The number of amides is 2. The standard InChI is InChI=1S/C26H30N8O2/c1-15-6-5-7-34(15)14-24(35)29-20-10-22(17(3)27-12-20)31-26(36)19-8-18-9-23(30-25(18)28-11-19)21-13-33(4)32-16(21)2/h8-13,15H,5-7,14H2,1-4H3,(H,28,30)(H,29,35)(H,31,36)/t15-/m0/s1. The summed E-state index contributed by atoms with van der Waals surface area (Å²) in [6.45, 7) is 7.18. The van der Waals surface area contributed by atoms with Gasteiger partial charge in [-0.2, -0.15) is 5.10 Å². The van der Waals surface area contributed by atoms with Crippen LogP contribution >= 0.6 is 0 Å². The molecule has 1 aliphatic heterocycles. The van der Waals surface area contributed by atoms with Crippen LogP contribution in [0.2, 0.25) is 0 Å². The first-order valence-corrected chi connectivity index (χ1v) is 12.1. The van der Waals surface area contributed by atoms with Crippen molar-refractivity contribution in [2.75, 3.05) is 23.7 Å². The normalized spacial score (nSPS) is 15.9. The average molecular weight is 487 g/mol. The lowest BCUT2D eigenvalue weighted by Gasteiger charge is -2.20. The molecule has 4 aromatic heterocycles. The second kappa shape index (κ2) is 9.54. The summed E-state index contributed by atoms with van der Waals surface area (Å²) >= 11 is 0. The first-order valence-electron chi connectivity index (χ1n) is 12.1. The molecule has 10 nitrogen and oxygen atoms in total. The van der Waals surface area contributed by atoms with Crippen molar-refractivity contribution in [1.29, 1.82) is 0 Å². The summed E-state index contributed by atoms with van der Waals surface area (Å²) in [6.07, 6.45) is 7.32. The number of hydrogen-bond donors (Lipinski definition) is 3. The van der Waals surface area contributed by atoms with E-state index in [-0.39, 0.29) is 11.8 Å². The Labute approximate surface area is 209 Å². The van der Waals surface area contributed by atoms with Crippen molar-refractivity contribution in [2.24, 2.45) is 7.05 Å². The van der Waals surface area contributed by atoms with Crippen molar-refractivity contribution in [3.63, 3.8) is 0 Å². The molecule has 1 aliphatic rings. The van der Waals surface area contributed by atoms with Crippen LogP contribution in [-0.2, 0) is 11.8 Å². The molecular formula is C26H30N8O2. The summed E-state index contributed by atoms with van der Waals surface area (Å²) in [5, 5.41) is 11.0. The number of carbonyl (C=O) groups excluding carboxylic acids is 2. The Bertz CT molecular complexity index is 1450. The van der Waals surface area contributed by atoms with E-state index in [2.05, 4.69) is 42.5 Å². The van der Waals surface area contributed by atoms with E-state index in [9.17, 15) is 9.59 Å². The number of likely N-dealkylation sites (tertiary alicyclic amines) is 1. The first-order chi connectivity index (χ1) is 17.3. The van der Waals surface area contributed by atoms with Gasteiger partial charge in [0.05, 0.1) is 46.8 Å². The van der Waals surface area contributed by atoms with Gasteiger partial charge in [0.15, 0.2) is 0 Å². The Morgan fingerprint density at radius 1 is 1.11 bits per heavy atom. The van der Waals surface area contributed by atoms with Crippen LogP contribution in [0.4, 0.5) is 11.4 Å². The van der Waals surface area contributed by atoms with Gasteiger partial charge in [0.1, 0.15) is 5.65 Å². The van der Waals surface area contributed by atoms with Crippen molar-refractivity contribution >= 4 is 34.2 Å². The second-order valence-corrected chi connectivity index (χ2v) is 9.47. The van der Waals surface area contributed by atoms with Gasteiger partial charge in [-0.3, -0.25) is 24.2 Å². The zero-order valence-corrected chi connectivity index (χ0v) is 20.9. The van der Waals surface area contributed by atoms with Gasteiger partial charge in [-0.05, 0) is 58.4 Å². The molecule has 0 radical (unpaired) electrons. The maximum atomic E-state index is 13.0. The molecule has 186 valence electrons. The van der Waals surface area contributed by atoms with Crippen LogP contribution in [0.3, 0.4) is 0 Å². The van der Waals surface area contributed by atoms with Gasteiger partial charge in [-0.1, -0.05) is 0 Å². The molecule has 3 N–H and O–H groups in total. The number of nitrogens with zero attached hydrogens (tertiary/aromatic N) is 5. The van der Waals surface area contributed by atoms with Gasteiger partial charge >= 0.3 is 0 Å². The highest BCUT2D eigenvalue weighted by atomic mass is 16.2. The van der Waals surface area contributed by atoms with E-state index in [0.29, 0.717) is 40.9 Å². The summed E-state index contributed by atoms with van der Waals surface area (Å²) in [4.78, 5) is 39.8. The summed E-state index contributed by atoms with van der Waals surface area (Å²) in [5.41, 5.74) is 5.64. The third kappa shape index (κ3) is 4.85. The highest BCUT2D eigenvalue weighted by molar-refractivity contribution is 6.06. The van der Waals surface area contributed by atoms with Gasteiger partial charge in [-0.15, -0.1) is 0 Å². The van der Waals surface area contributed by atoms with Crippen molar-refractivity contribution < 1.29 is 9.59 Å². The number of aromatic nitrogens is 5. The molecule has 0 saturated carbocycles. The molecule has 1 fully saturated rings. The van der Waals surface area contributed by atoms with Crippen LogP contribution in [0.1, 0.15) is 41.5 Å². The Morgan fingerprint density at radius 2 is 1.94 bits per heavy atom. The van der Waals surface area contributed by atoms with E-state index < -0.39 is 0 Å². The quantitative estimate of drug-likeness (QED) is 0.383. The lowest BCUT2D eigenvalue weighted by atomic mass is 10.1. The van der Waals surface area contributed by atoms with Crippen molar-refractivity contribution in [3.8, 4) is 11.3 Å². The smallest absolute Gasteiger partial charge is 0.257 e. The molecule has 2 amide bonds. The van der Waals surface area contributed by atoms with Crippen LogP contribution in [0.15, 0.2) is 36.8 Å². The Kier molecular flexibility index (Phi) is 6.27. The van der Waals surface area contributed by atoms with E-state index in [1.165, 1.54) is 0 Å². The van der Waals surface area contributed by atoms with Crippen LogP contribution < -0.4 is 10.6 Å². The fourth-order valence-electron chi connectivity index (χ4n) is 4.68. The van der Waals surface area contributed by atoms with E-state index in [1.807, 2.05) is 33.2 Å². The molecule has 0 unspecified atom stereocenters. The molecule has 0 aromatic carbocycles. The zero-order chi connectivity index (χ0) is 25.4. The zero-order valence-electron chi connectivity index (χ0n) is 20.9. The lowest BCUT2D eigenvalue weighted by Crippen LogP contribution is -2.35. The number of nitrogens with one attached hydrogen (secondary N) is 3. The minimum absolute atomic E-state index is 0.0894. The molecule has 36 heavy (non-hydrogen) atoms. The summed E-state index contributed by atoms with van der Waals surface area (Å²) in [5.74, 6) is -0.391. The van der Waals surface area contributed by atoms with Crippen LogP contribution in [0.25, 0.3) is 22.3 Å². The summed E-state index contributed by atoms with van der Waals surface area (Å²) < 4.78 is 1.77. The fourth-order valence-corrected chi connectivity index (χ4v) is 4.68. The van der Waals surface area contributed by atoms with E-state index in [0.717, 1.165) is 41.7 Å². The van der Waals surface area contributed by atoms with Gasteiger partial charge in [0, 0.05) is 36.4 Å². The molecule has 0 aliphatic carbocycles. The molecule has 5 heterocycles. The molecule has 1 atom stereocenters. The SMILES string of the molecule is Cc1ncc(NC(=O)CN2CCC[C@@H]2C)cc1NC(=O)c1cnc2[nH]c(-c3cn(C)nc3C)cc2c1. The van der Waals surface area contributed by atoms with Crippen LogP contribution in [0, 0.1) is 13.8 Å². The molecule has 4 aromatic rings. The number of carbonyl (C=O) groups is 2. The van der Waals surface area contributed by atoms with Crippen molar-refractivity contribution in [2.45, 2.75) is 39.7 Å². The Balaban J connectivity index is 1.30. The molecule has 10 heteroatoms. The van der Waals surface area contributed by atoms with Gasteiger partial charge in [-0.25, -0.2) is 4.98 Å². The topological polar surface area (TPSA) is 121 Å². The number of fused-ring (bicyclic) bond motifs is 1. The van der Waals surface area contributed by atoms with Crippen molar-refractivity contribution in [1.82, 2.24) is 29.6 Å². The molecular weight excluding hydrogens is 456 g/mol. The predicted octanol–water partition coefficient (Wildman–Crippen LogP) is 3.65. The highest BCUT2D eigenvalue weighted by Crippen LogP contribution is 2.26. The van der Waals surface area contributed by atoms with Crippen LogP contribution in [0.5, 0.6) is 0 Å². The maximum Gasteiger partial charge on any atom is 0.257 e. The molecule has 0 spiro atoms. The largest absolute Gasteiger partial charge is 0.339 e. The molecule has 0 bridgehead atoms. The third-order valence-corrected chi connectivity index (χ3v) is 6.69. The first kappa shape index (κ1) is 23.7. The fraction of sp³-hybridized carbons (Fsp3) is 0.346. The molecule has 5 rings (SSSR count). The molecule has 1 saturated heterocycles. The van der Waals surface area contributed by atoms with E-state index in [1.54, 1.807) is 29.2 Å². The predicted molar refractivity (Wildman–Crippen MR) is 139 cm³/mol. The van der Waals surface area contributed by atoms with Gasteiger partial charge < -0.3 is 15.6 Å². The summed E-state index contributed by atoms with van der Waals surface area (Å²) in [6, 6.07) is 5.91. The van der Waals surface area contributed by atoms with E-state index in [4.69, 9.17) is 0 Å². The van der Waals surface area contributed by atoms with Crippen molar-refractivity contribution in [3.05, 3.63) is 53.7 Å². The Hall–Kier alpha value is -4.05. The number of H-pyrrole nitrogens is 1. The number of pyridine rings is 2. The minimum atomic E-state index is -0.302. The Morgan fingerprint density at radius 3 is 2.67 bits per heavy atom. The van der Waals surface area contributed by atoms with Gasteiger partial charge in [0.25, 0.3) is 5.91 Å². The maximum absolute atomic E-state index is 13.0. The van der Waals surface area contributed by atoms with E-state index >= 15 is 0 Å². The second-order valence-electron chi connectivity index (χ2n) is 9.47. The number of anilines is 2. The van der Waals surface area contributed by atoms with Crippen LogP contribution in [-0.4, -0.2) is 60.6 Å². The number of hydrogen-bond acceptors (Lipinski definition) is 6. The van der Waals surface area contributed by atoms with Gasteiger partial charge in [0.2, 0.25) is 5.91 Å². The highest BCUT2D eigenvalue weighted by Gasteiger charge is 2.22. The number of aryl methyl sites for hydroxylation is 3. The lowest BCUT2D eigenvalue weighted by molar-refractivity contribution is -0.117. The monoisotopic (exact) mass is 486 g/mol. The summed E-state index contributed by atoms with van der Waals surface area (Å²) in [7, 11) is 1.88. The average Bonchev–Trinajstić information content (AvgIpc) is 3.53. The third-order valence-electron chi connectivity index (χ3n) is 6.69. The minimum Gasteiger partial charge on any atom is -0.339 e. The number of rotatable bonds is 6.